The van der Waals surface area contributed by atoms with Gasteiger partial charge in [0, 0.05) is 0 Å². The van der Waals surface area contributed by atoms with Gasteiger partial charge in [0.05, 0.1) is 0 Å². The van der Waals surface area contributed by atoms with E-state index in [0.717, 1.165) is 23.9 Å². The standard InChI is InChI=1S/C13H15NOSe/c1-10-9-14-13(15)12(10)7-8-16-11-5-3-2-4-6-11/h2-6H,7-9H2,1H3,(H,14,15). The van der Waals surface area contributed by atoms with Crippen molar-refractivity contribution in [2.75, 3.05) is 6.54 Å². The first-order valence-electron chi connectivity index (χ1n) is 5.42. The minimum atomic E-state index is 0.140. The molecule has 1 aliphatic rings. The van der Waals surface area contributed by atoms with E-state index in [-0.39, 0.29) is 5.91 Å². The first-order chi connectivity index (χ1) is 7.77. The van der Waals surface area contributed by atoms with Crippen molar-refractivity contribution in [2.24, 2.45) is 0 Å². The van der Waals surface area contributed by atoms with Crippen molar-refractivity contribution < 1.29 is 4.79 Å². The Hall–Kier alpha value is -1.05. The number of carbonyl (C=O) groups is 1. The number of carbonyl (C=O) groups excluding carboxylic acids is 1. The van der Waals surface area contributed by atoms with Crippen LogP contribution in [0.2, 0.25) is 5.32 Å². The zero-order chi connectivity index (χ0) is 11.4. The summed E-state index contributed by atoms with van der Waals surface area (Å²) in [6.45, 7) is 2.79. The molecule has 0 radical (unpaired) electrons. The summed E-state index contributed by atoms with van der Waals surface area (Å²) >= 11 is 0.484. The van der Waals surface area contributed by atoms with Gasteiger partial charge in [-0.15, -0.1) is 0 Å². The summed E-state index contributed by atoms with van der Waals surface area (Å²) in [6, 6.07) is 10.5. The van der Waals surface area contributed by atoms with Gasteiger partial charge in [0.15, 0.2) is 0 Å². The molecule has 0 spiro atoms. The van der Waals surface area contributed by atoms with Crippen LogP contribution in [0.25, 0.3) is 0 Å². The van der Waals surface area contributed by atoms with Gasteiger partial charge in [-0.25, -0.2) is 0 Å². The molecule has 1 amide bonds. The number of nitrogens with one attached hydrogen (secondary N) is 1. The average molecular weight is 280 g/mol. The molecule has 0 unspecified atom stereocenters. The van der Waals surface area contributed by atoms with E-state index in [1.165, 1.54) is 10.0 Å². The molecule has 1 heterocycles. The van der Waals surface area contributed by atoms with Crippen LogP contribution in [0.1, 0.15) is 13.3 Å². The molecule has 0 fully saturated rings. The van der Waals surface area contributed by atoms with Gasteiger partial charge >= 0.3 is 102 Å². The summed E-state index contributed by atoms with van der Waals surface area (Å²) < 4.78 is 1.41. The third-order valence-corrected chi connectivity index (χ3v) is 4.79. The minimum absolute atomic E-state index is 0.140. The Bertz CT molecular complexity index is 411. The summed E-state index contributed by atoms with van der Waals surface area (Å²) in [5, 5.41) is 3.97. The Morgan fingerprint density at radius 3 is 2.69 bits per heavy atom. The molecule has 0 bridgehead atoms. The van der Waals surface area contributed by atoms with E-state index in [2.05, 4.69) is 29.6 Å². The summed E-state index contributed by atoms with van der Waals surface area (Å²) in [6.07, 6.45) is 0.923. The molecule has 0 aliphatic carbocycles. The Kier molecular flexibility index (Phi) is 3.81. The van der Waals surface area contributed by atoms with Crippen molar-refractivity contribution in [1.82, 2.24) is 5.32 Å². The number of benzene rings is 1. The molecule has 0 aromatic heterocycles. The second-order valence-corrected chi connectivity index (χ2v) is 6.30. The molecular formula is C13H15NOSe. The molecule has 84 valence electrons. The summed E-state index contributed by atoms with van der Waals surface area (Å²) in [5.74, 6) is 0.140. The fourth-order valence-electron chi connectivity index (χ4n) is 1.73. The fraction of sp³-hybridized carbons (Fsp3) is 0.308. The predicted octanol–water partition coefficient (Wildman–Crippen LogP) is 1.27. The van der Waals surface area contributed by atoms with Gasteiger partial charge in [-0.3, -0.25) is 0 Å². The Balaban J connectivity index is 1.85. The molecule has 0 saturated carbocycles. The van der Waals surface area contributed by atoms with Gasteiger partial charge in [-0.2, -0.15) is 0 Å². The van der Waals surface area contributed by atoms with E-state index < -0.39 is 0 Å². The molecule has 1 aromatic rings. The Labute approximate surface area is 102 Å². The molecule has 0 atom stereocenters. The maximum absolute atomic E-state index is 11.5. The molecule has 2 rings (SSSR count). The van der Waals surface area contributed by atoms with Crippen molar-refractivity contribution >= 4 is 25.3 Å². The van der Waals surface area contributed by atoms with Crippen LogP contribution in [0.3, 0.4) is 0 Å². The van der Waals surface area contributed by atoms with Crippen LogP contribution in [0, 0.1) is 0 Å². The Morgan fingerprint density at radius 2 is 2.06 bits per heavy atom. The Morgan fingerprint density at radius 1 is 1.31 bits per heavy atom. The van der Waals surface area contributed by atoms with Crippen molar-refractivity contribution in [3.63, 3.8) is 0 Å². The van der Waals surface area contributed by atoms with Crippen molar-refractivity contribution in [2.45, 2.75) is 18.7 Å². The fourth-order valence-corrected chi connectivity index (χ4v) is 3.61. The SMILES string of the molecule is CC1=C(CC[Se]c2ccccc2)C(=O)NC1. The van der Waals surface area contributed by atoms with E-state index >= 15 is 0 Å². The van der Waals surface area contributed by atoms with Gasteiger partial charge in [0.1, 0.15) is 0 Å². The quantitative estimate of drug-likeness (QED) is 0.827. The van der Waals surface area contributed by atoms with Gasteiger partial charge < -0.3 is 0 Å². The topological polar surface area (TPSA) is 29.1 Å². The summed E-state index contributed by atoms with van der Waals surface area (Å²) in [7, 11) is 0. The first kappa shape index (κ1) is 11.4. The maximum atomic E-state index is 11.5. The average Bonchev–Trinajstić information content (AvgIpc) is 2.62. The van der Waals surface area contributed by atoms with Crippen LogP contribution in [0.15, 0.2) is 41.5 Å². The van der Waals surface area contributed by atoms with E-state index in [0.29, 0.717) is 15.0 Å². The van der Waals surface area contributed by atoms with Crippen molar-refractivity contribution in [3.05, 3.63) is 41.5 Å². The van der Waals surface area contributed by atoms with Gasteiger partial charge in [-0.05, 0) is 0 Å². The predicted molar refractivity (Wildman–Crippen MR) is 67.0 cm³/mol. The molecule has 1 aromatic carbocycles. The normalized spacial score (nSPS) is 15.4. The first-order valence-corrected chi connectivity index (χ1v) is 7.49. The number of amides is 1. The molecule has 1 N–H and O–H groups in total. The molecule has 0 saturated heterocycles. The van der Waals surface area contributed by atoms with Crippen LogP contribution in [0.4, 0.5) is 0 Å². The van der Waals surface area contributed by atoms with E-state index in [1.54, 1.807) is 0 Å². The molecule has 3 heteroatoms. The molecular weight excluding hydrogens is 265 g/mol. The van der Waals surface area contributed by atoms with Crippen molar-refractivity contribution in [1.29, 1.82) is 0 Å². The number of hydrogen-bond acceptors (Lipinski definition) is 1. The van der Waals surface area contributed by atoms with Crippen molar-refractivity contribution in [3.8, 4) is 0 Å². The summed E-state index contributed by atoms with van der Waals surface area (Å²) in [4.78, 5) is 11.5. The number of hydrogen-bond donors (Lipinski definition) is 1. The van der Waals surface area contributed by atoms with Gasteiger partial charge in [0.25, 0.3) is 0 Å². The molecule has 1 aliphatic heterocycles. The van der Waals surface area contributed by atoms with Crippen LogP contribution in [-0.4, -0.2) is 27.4 Å². The second kappa shape index (κ2) is 5.33. The van der Waals surface area contributed by atoms with E-state index in [1.807, 2.05) is 13.0 Å². The van der Waals surface area contributed by atoms with Gasteiger partial charge in [0.2, 0.25) is 0 Å². The third-order valence-electron chi connectivity index (χ3n) is 2.67. The monoisotopic (exact) mass is 281 g/mol. The van der Waals surface area contributed by atoms with E-state index in [9.17, 15) is 4.79 Å². The molecule has 16 heavy (non-hydrogen) atoms. The number of rotatable bonds is 4. The summed E-state index contributed by atoms with van der Waals surface area (Å²) in [5.41, 5.74) is 2.23. The van der Waals surface area contributed by atoms with E-state index in [4.69, 9.17) is 0 Å². The zero-order valence-electron chi connectivity index (χ0n) is 9.32. The van der Waals surface area contributed by atoms with Crippen LogP contribution < -0.4 is 9.78 Å². The molecule has 2 nitrogen and oxygen atoms in total. The van der Waals surface area contributed by atoms with Crippen LogP contribution >= 0.6 is 0 Å². The van der Waals surface area contributed by atoms with Crippen LogP contribution in [-0.2, 0) is 4.79 Å². The van der Waals surface area contributed by atoms with Gasteiger partial charge in [-0.1, -0.05) is 0 Å². The second-order valence-electron chi connectivity index (χ2n) is 3.85. The van der Waals surface area contributed by atoms with Crippen LogP contribution in [0.5, 0.6) is 0 Å². The third kappa shape index (κ3) is 2.75. The zero-order valence-corrected chi connectivity index (χ0v) is 11.0.